The molecule has 1 aliphatic rings. The fourth-order valence-electron chi connectivity index (χ4n) is 3.95. The molecule has 1 N–H and O–H groups in total. The van der Waals surface area contributed by atoms with Crippen LogP contribution in [0.5, 0.6) is 17.2 Å². The Morgan fingerprint density at radius 3 is 2.65 bits per heavy atom. The van der Waals surface area contributed by atoms with Crippen LogP contribution in [0, 0.1) is 0 Å². The third-order valence-corrected chi connectivity index (χ3v) is 6.79. The highest BCUT2D eigenvalue weighted by molar-refractivity contribution is 7.98. The zero-order valence-corrected chi connectivity index (χ0v) is 21.3. The van der Waals surface area contributed by atoms with Gasteiger partial charge in [-0.3, -0.25) is 9.36 Å². The molecular formula is C27H26N4O5S. The van der Waals surface area contributed by atoms with Gasteiger partial charge in [-0.25, -0.2) is 0 Å². The Bertz CT molecular complexity index is 1390. The second-order valence-corrected chi connectivity index (χ2v) is 9.12. The number of benzene rings is 3. The molecule has 0 atom stereocenters. The highest BCUT2D eigenvalue weighted by atomic mass is 32.2. The summed E-state index contributed by atoms with van der Waals surface area (Å²) in [6.45, 7) is 0.914. The minimum Gasteiger partial charge on any atom is -0.497 e. The first-order valence-corrected chi connectivity index (χ1v) is 12.6. The van der Waals surface area contributed by atoms with Gasteiger partial charge in [0.1, 0.15) is 12.4 Å². The molecule has 0 saturated carbocycles. The minimum atomic E-state index is -0.148. The van der Waals surface area contributed by atoms with Gasteiger partial charge in [-0.2, -0.15) is 0 Å². The number of nitrogens with zero attached hydrogens (tertiary/aromatic N) is 3. The summed E-state index contributed by atoms with van der Waals surface area (Å²) in [5.41, 5.74) is 3.34. The Hall–Kier alpha value is -4.02. The average Bonchev–Trinajstić information content (AvgIpc) is 3.57. The van der Waals surface area contributed by atoms with Crippen LogP contribution >= 0.6 is 11.8 Å². The lowest BCUT2D eigenvalue weighted by atomic mass is 10.1. The van der Waals surface area contributed by atoms with E-state index in [1.807, 2.05) is 71.3 Å². The molecule has 4 aromatic rings. The number of aromatic nitrogens is 3. The molecule has 10 heteroatoms. The fraction of sp³-hybridized carbons (Fsp3) is 0.222. The molecule has 0 unspecified atom stereocenters. The molecule has 37 heavy (non-hydrogen) atoms. The number of ether oxygens (including phenoxy) is 4. The first-order chi connectivity index (χ1) is 18.2. The van der Waals surface area contributed by atoms with Crippen LogP contribution in [-0.4, -0.2) is 41.7 Å². The number of hydrogen-bond acceptors (Lipinski definition) is 8. The van der Waals surface area contributed by atoms with Crippen LogP contribution in [0.15, 0.2) is 71.9 Å². The molecule has 0 aliphatic carbocycles. The molecule has 0 spiro atoms. The number of carbonyl (C=O) groups is 1. The summed E-state index contributed by atoms with van der Waals surface area (Å²) in [6.07, 6.45) is 0. The smallest absolute Gasteiger partial charge is 0.251 e. The lowest BCUT2D eigenvalue weighted by molar-refractivity contribution is 0.0950. The number of methoxy groups -OCH3 is 2. The van der Waals surface area contributed by atoms with E-state index < -0.39 is 0 Å². The van der Waals surface area contributed by atoms with Crippen molar-refractivity contribution in [3.8, 4) is 22.9 Å². The van der Waals surface area contributed by atoms with E-state index in [0.717, 1.165) is 22.6 Å². The normalized spacial score (nSPS) is 11.9. The lowest BCUT2D eigenvalue weighted by Gasteiger charge is -2.12. The zero-order chi connectivity index (χ0) is 25.6. The molecule has 190 valence electrons. The maximum atomic E-state index is 13.1. The van der Waals surface area contributed by atoms with Crippen molar-refractivity contribution in [3.05, 3.63) is 89.2 Å². The van der Waals surface area contributed by atoms with E-state index in [0.29, 0.717) is 46.9 Å². The largest absolute Gasteiger partial charge is 0.497 e. The van der Waals surface area contributed by atoms with Gasteiger partial charge in [0.25, 0.3) is 5.91 Å². The van der Waals surface area contributed by atoms with E-state index in [1.54, 1.807) is 14.2 Å². The molecule has 0 saturated heterocycles. The topological polar surface area (TPSA) is 96.7 Å². The molecule has 1 amide bonds. The van der Waals surface area contributed by atoms with Crippen molar-refractivity contribution in [2.24, 2.45) is 0 Å². The molecule has 1 aliphatic heterocycles. The predicted molar refractivity (Wildman–Crippen MR) is 138 cm³/mol. The number of fused-ring (bicyclic) bond motifs is 1. The molecule has 0 radical (unpaired) electrons. The Labute approximate surface area is 218 Å². The lowest BCUT2D eigenvalue weighted by Crippen LogP contribution is -2.23. The number of thioether (sulfide) groups is 1. The van der Waals surface area contributed by atoms with Gasteiger partial charge >= 0.3 is 0 Å². The van der Waals surface area contributed by atoms with Crippen LogP contribution in [-0.2, 0) is 23.6 Å². The standard InChI is InChI=1S/C27H26N4O5S/c1-33-15-25-29-30-27(31(25)20-8-10-21(34-2)11-9-20)37-16-19-5-3-4-6-22(19)26(32)28-14-18-7-12-23-24(13-18)36-17-35-23/h3-13H,14-17H2,1-2H3,(H,28,32). The van der Waals surface area contributed by atoms with E-state index in [4.69, 9.17) is 18.9 Å². The van der Waals surface area contributed by atoms with Gasteiger partial charge in [-0.15, -0.1) is 10.2 Å². The summed E-state index contributed by atoms with van der Waals surface area (Å²) < 4.78 is 23.3. The van der Waals surface area contributed by atoms with Crippen molar-refractivity contribution in [2.45, 2.75) is 24.1 Å². The Kier molecular flexibility index (Phi) is 7.57. The number of hydrogen-bond donors (Lipinski definition) is 1. The van der Waals surface area contributed by atoms with Gasteiger partial charge in [-0.1, -0.05) is 36.0 Å². The van der Waals surface area contributed by atoms with Gasteiger partial charge < -0.3 is 24.3 Å². The summed E-state index contributed by atoms with van der Waals surface area (Å²) in [6, 6.07) is 20.9. The summed E-state index contributed by atoms with van der Waals surface area (Å²) >= 11 is 1.50. The first-order valence-electron chi connectivity index (χ1n) is 11.6. The summed E-state index contributed by atoms with van der Waals surface area (Å²) in [4.78, 5) is 13.1. The van der Waals surface area contributed by atoms with Gasteiger partial charge in [0.2, 0.25) is 6.79 Å². The maximum Gasteiger partial charge on any atom is 0.251 e. The van der Waals surface area contributed by atoms with Crippen molar-refractivity contribution in [2.75, 3.05) is 21.0 Å². The maximum absolute atomic E-state index is 13.1. The number of nitrogens with one attached hydrogen (secondary N) is 1. The predicted octanol–water partition coefficient (Wildman–Crippen LogP) is 4.37. The van der Waals surface area contributed by atoms with Gasteiger partial charge in [-0.05, 0) is 53.6 Å². The summed E-state index contributed by atoms with van der Waals surface area (Å²) in [7, 11) is 3.26. The van der Waals surface area contributed by atoms with Gasteiger partial charge in [0.05, 0.1) is 7.11 Å². The van der Waals surface area contributed by atoms with Crippen LogP contribution in [0.25, 0.3) is 5.69 Å². The second kappa shape index (κ2) is 11.4. The van der Waals surface area contributed by atoms with Crippen molar-refractivity contribution >= 4 is 17.7 Å². The van der Waals surface area contributed by atoms with E-state index >= 15 is 0 Å². The third-order valence-electron chi connectivity index (χ3n) is 5.81. The first kappa shape index (κ1) is 24.7. The van der Waals surface area contributed by atoms with Crippen LogP contribution < -0.4 is 19.5 Å². The van der Waals surface area contributed by atoms with Crippen molar-refractivity contribution < 1.29 is 23.7 Å². The number of amides is 1. The van der Waals surface area contributed by atoms with Crippen molar-refractivity contribution in [1.29, 1.82) is 0 Å². The van der Waals surface area contributed by atoms with Crippen LogP contribution in [0.4, 0.5) is 0 Å². The van der Waals surface area contributed by atoms with E-state index in [2.05, 4.69) is 15.5 Å². The molecule has 2 heterocycles. The fourth-order valence-corrected chi connectivity index (χ4v) is 4.92. The Morgan fingerprint density at radius 2 is 1.84 bits per heavy atom. The van der Waals surface area contributed by atoms with E-state index in [1.165, 1.54) is 11.8 Å². The molecule has 3 aromatic carbocycles. The van der Waals surface area contributed by atoms with Crippen LogP contribution in [0.3, 0.4) is 0 Å². The quantitative estimate of drug-likeness (QED) is 0.309. The molecule has 0 fully saturated rings. The third kappa shape index (κ3) is 5.55. The van der Waals surface area contributed by atoms with E-state index in [-0.39, 0.29) is 12.7 Å². The summed E-state index contributed by atoms with van der Waals surface area (Å²) in [5.74, 6) is 3.25. The van der Waals surface area contributed by atoms with Gasteiger partial charge in [0, 0.05) is 30.7 Å². The molecule has 0 bridgehead atoms. The Balaban J connectivity index is 1.30. The highest BCUT2D eigenvalue weighted by Crippen LogP contribution is 2.32. The number of rotatable bonds is 10. The molecule has 5 rings (SSSR count). The van der Waals surface area contributed by atoms with Crippen LogP contribution in [0.1, 0.15) is 27.3 Å². The SMILES string of the molecule is COCc1nnc(SCc2ccccc2C(=O)NCc2ccc3c(c2)OCO3)n1-c1ccc(OC)cc1. The number of carbonyl (C=O) groups excluding carboxylic acids is 1. The van der Waals surface area contributed by atoms with Crippen molar-refractivity contribution in [1.82, 2.24) is 20.1 Å². The minimum absolute atomic E-state index is 0.148. The molecule has 1 aromatic heterocycles. The summed E-state index contributed by atoms with van der Waals surface area (Å²) in [5, 5.41) is 12.4. The molecule has 9 nitrogen and oxygen atoms in total. The Morgan fingerprint density at radius 1 is 1.03 bits per heavy atom. The van der Waals surface area contributed by atoms with Gasteiger partial charge in [0.15, 0.2) is 22.5 Å². The molecular weight excluding hydrogens is 492 g/mol. The highest BCUT2D eigenvalue weighted by Gasteiger charge is 2.18. The van der Waals surface area contributed by atoms with E-state index in [9.17, 15) is 4.79 Å². The second-order valence-electron chi connectivity index (χ2n) is 8.18. The average molecular weight is 519 g/mol. The zero-order valence-electron chi connectivity index (χ0n) is 20.5. The van der Waals surface area contributed by atoms with Crippen LogP contribution in [0.2, 0.25) is 0 Å². The van der Waals surface area contributed by atoms with Crippen molar-refractivity contribution in [3.63, 3.8) is 0 Å². The monoisotopic (exact) mass is 518 g/mol.